The third-order valence-electron chi connectivity index (χ3n) is 4.38. The molecule has 0 N–H and O–H groups in total. The minimum absolute atomic E-state index is 0.178. The third-order valence-corrected chi connectivity index (χ3v) is 5.39. The van der Waals surface area contributed by atoms with Gasteiger partial charge in [-0.3, -0.25) is 4.90 Å². The van der Waals surface area contributed by atoms with Crippen molar-refractivity contribution in [1.82, 2.24) is 9.88 Å². The van der Waals surface area contributed by atoms with Crippen LogP contribution in [0.4, 0.5) is 8.78 Å². The van der Waals surface area contributed by atoms with Gasteiger partial charge in [0.05, 0.1) is 5.56 Å². The minimum Gasteiger partial charge on any atom is -0.434 e. The Kier molecular flexibility index (Phi) is 5.79. The number of alkyl halides is 2. The second kappa shape index (κ2) is 8.03. The molecule has 1 aromatic carbocycles. The van der Waals surface area contributed by atoms with Crippen molar-refractivity contribution in [2.75, 3.05) is 13.1 Å². The van der Waals surface area contributed by atoms with Crippen molar-refractivity contribution in [1.29, 1.82) is 0 Å². The predicted octanol–water partition coefficient (Wildman–Crippen LogP) is 5.03. The maximum absolute atomic E-state index is 12.6. The summed E-state index contributed by atoms with van der Waals surface area (Å²) in [6.07, 6.45) is 5.62. The number of rotatable bonds is 5. The Balaban J connectivity index is 1.72. The van der Waals surface area contributed by atoms with Gasteiger partial charge in [-0.1, -0.05) is 19.1 Å². The summed E-state index contributed by atoms with van der Waals surface area (Å²) in [6.45, 7) is 2.59. The number of ether oxygens (including phenoxy) is 1. The molecule has 0 spiro atoms. The van der Waals surface area contributed by atoms with Gasteiger partial charge < -0.3 is 4.74 Å². The number of aromatic nitrogens is 1. The fourth-order valence-corrected chi connectivity index (χ4v) is 4.03. The molecule has 1 aromatic heterocycles. The van der Waals surface area contributed by atoms with Gasteiger partial charge in [-0.2, -0.15) is 8.78 Å². The number of hydrogen-bond donors (Lipinski definition) is 0. The van der Waals surface area contributed by atoms with Crippen LogP contribution >= 0.6 is 11.3 Å². The summed E-state index contributed by atoms with van der Waals surface area (Å²) in [5, 5.41) is 0.726. The van der Waals surface area contributed by atoms with E-state index >= 15 is 0 Å². The molecule has 6 heteroatoms. The Morgan fingerprint density at radius 1 is 1.29 bits per heavy atom. The summed E-state index contributed by atoms with van der Waals surface area (Å²) < 4.78 is 29.7. The van der Waals surface area contributed by atoms with Crippen molar-refractivity contribution in [3.63, 3.8) is 0 Å². The Hall–Kier alpha value is -1.53. The van der Waals surface area contributed by atoms with E-state index in [0.717, 1.165) is 35.4 Å². The van der Waals surface area contributed by atoms with E-state index in [0.29, 0.717) is 5.56 Å². The SMILES string of the molecule is CC1CCCN(Cc2cnc(-c3ccccc3OC(F)F)s2)CC1. The van der Waals surface area contributed by atoms with Crippen molar-refractivity contribution >= 4 is 11.3 Å². The van der Waals surface area contributed by atoms with Crippen LogP contribution in [0.2, 0.25) is 0 Å². The largest absolute Gasteiger partial charge is 0.434 e. The van der Waals surface area contributed by atoms with Crippen LogP contribution in [0.3, 0.4) is 0 Å². The van der Waals surface area contributed by atoms with Gasteiger partial charge in [0.15, 0.2) is 0 Å². The first-order valence-electron chi connectivity index (χ1n) is 8.33. The summed E-state index contributed by atoms with van der Waals surface area (Å²) in [4.78, 5) is 8.04. The molecule has 24 heavy (non-hydrogen) atoms. The average Bonchev–Trinajstić information content (AvgIpc) is 2.91. The van der Waals surface area contributed by atoms with Crippen LogP contribution in [0.15, 0.2) is 30.5 Å². The Bertz CT molecular complexity index is 662. The molecule has 1 unspecified atom stereocenters. The van der Waals surface area contributed by atoms with Crippen molar-refractivity contribution in [3.8, 4) is 16.3 Å². The average molecular weight is 352 g/mol. The molecule has 3 rings (SSSR count). The molecule has 0 amide bonds. The number of nitrogens with zero attached hydrogens (tertiary/aromatic N) is 2. The number of para-hydroxylation sites is 1. The highest BCUT2D eigenvalue weighted by Crippen LogP contribution is 2.34. The topological polar surface area (TPSA) is 25.4 Å². The summed E-state index contributed by atoms with van der Waals surface area (Å²) in [6, 6.07) is 6.83. The Morgan fingerprint density at radius 2 is 2.12 bits per heavy atom. The summed E-state index contributed by atoms with van der Waals surface area (Å²) in [5.41, 5.74) is 0.624. The molecule has 0 radical (unpaired) electrons. The minimum atomic E-state index is -2.83. The Labute approximate surface area is 145 Å². The second-order valence-electron chi connectivity index (χ2n) is 6.32. The van der Waals surface area contributed by atoms with Gasteiger partial charge >= 0.3 is 6.61 Å². The maximum atomic E-state index is 12.6. The molecule has 0 saturated carbocycles. The van der Waals surface area contributed by atoms with Gasteiger partial charge in [0, 0.05) is 17.6 Å². The normalized spacial score (nSPS) is 19.4. The summed E-state index contributed by atoms with van der Waals surface area (Å²) in [7, 11) is 0. The highest BCUT2D eigenvalue weighted by molar-refractivity contribution is 7.15. The highest BCUT2D eigenvalue weighted by Gasteiger charge is 2.17. The Morgan fingerprint density at radius 3 is 2.96 bits per heavy atom. The standard InChI is InChI=1S/C18H22F2N2OS/c1-13-5-4-9-22(10-8-13)12-14-11-21-17(24-14)15-6-2-3-7-16(15)23-18(19)20/h2-3,6-7,11,13,18H,4-5,8-10,12H2,1H3. The third kappa shape index (κ3) is 4.51. The van der Waals surface area contributed by atoms with Crippen molar-refractivity contribution < 1.29 is 13.5 Å². The lowest BCUT2D eigenvalue weighted by Crippen LogP contribution is -2.23. The molecular weight excluding hydrogens is 330 g/mol. The molecular formula is C18H22F2N2OS. The van der Waals surface area contributed by atoms with Gasteiger partial charge in [0.1, 0.15) is 10.8 Å². The monoisotopic (exact) mass is 352 g/mol. The zero-order valence-electron chi connectivity index (χ0n) is 13.8. The van der Waals surface area contributed by atoms with E-state index in [1.54, 1.807) is 29.5 Å². The van der Waals surface area contributed by atoms with Crippen molar-refractivity contribution in [2.24, 2.45) is 5.92 Å². The lowest BCUT2D eigenvalue weighted by Gasteiger charge is -2.18. The van der Waals surface area contributed by atoms with Crippen LogP contribution < -0.4 is 4.74 Å². The zero-order valence-corrected chi connectivity index (χ0v) is 14.6. The van der Waals surface area contributed by atoms with E-state index in [-0.39, 0.29) is 5.75 Å². The molecule has 3 nitrogen and oxygen atoms in total. The molecule has 2 heterocycles. The predicted molar refractivity (Wildman–Crippen MR) is 92.5 cm³/mol. The molecule has 2 aromatic rings. The van der Waals surface area contributed by atoms with E-state index in [1.807, 2.05) is 12.3 Å². The van der Waals surface area contributed by atoms with Crippen LogP contribution in [0.5, 0.6) is 5.75 Å². The quantitative estimate of drug-likeness (QED) is 0.754. The van der Waals surface area contributed by atoms with Gasteiger partial charge in [0.2, 0.25) is 0 Å². The van der Waals surface area contributed by atoms with Crippen LogP contribution in [-0.2, 0) is 6.54 Å². The van der Waals surface area contributed by atoms with Crippen LogP contribution in [-0.4, -0.2) is 29.6 Å². The van der Waals surface area contributed by atoms with E-state index in [9.17, 15) is 8.78 Å². The second-order valence-corrected chi connectivity index (χ2v) is 7.43. The van der Waals surface area contributed by atoms with E-state index < -0.39 is 6.61 Å². The van der Waals surface area contributed by atoms with Crippen LogP contribution in [0.1, 0.15) is 31.1 Å². The molecule has 1 aliphatic rings. The highest BCUT2D eigenvalue weighted by atomic mass is 32.1. The molecule has 0 aliphatic carbocycles. The number of benzene rings is 1. The number of hydrogen-bond acceptors (Lipinski definition) is 4. The van der Waals surface area contributed by atoms with Gasteiger partial charge in [-0.25, -0.2) is 4.98 Å². The number of halogens is 2. The van der Waals surface area contributed by atoms with Crippen molar-refractivity contribution in [3.05, 3.63) is 35.3 Å². The number of thiazole rings is 1. The maximum Gasteiger partial charge on any atom is 0.387 e. The molecule has 1 fully saturated rings. The van der Waals surface area contributed by atoms with Gasteiger partial charge in [0.25, 0.3) is 0 Å². The van der Waals surface area contributed by atoms with E-state index in [4.69, 9.17) is 0 Å². The lowest BCUT2D eigenvalue weighted by atomic mass is 10.0. The lowest BCUT2D eigenvalue weighted by molar-refractivity contribution is -0.0494. The molecule has 1 saturated heterocycles. The van der Waals surface area contributed by atoms with Gasteiger partial charge in [-0.05, 0) is 50.4 Å². The fraction of sp³-hybridized carbons (Fsp3) is 0.500. The summed E-state index contributed by atoms with van der Waals surface area (Å²) >= 11 is 1.55. The number of likely N-dealkylation sites (tertiary alicyclic amines) is 1. The fourth-order valence-electron chi connectivity index (χ4n) is 3.05. The molecule has 130 valence electrons. The van der Waals surface area contributed by atoms with E-state index in [2.05, 4.69) is 21.5 Å². The first-order valence-corrected chi connectivity index (χ1v) is 9.14. The first kappa shape index (κ1) is 17.3. The van der Waals surface area contributed by atoms with Crippen LogP contribution in [0, 0.1) is 5.92 Å². The molecule has 1 atom stereocenters. The molecule has 1 aliphatic heterocycles. The zero-order chi connectivity index (χ0) is 16.9. The summed E-state index contributed by atoms with van der Waals surface area (Å²) in [5.74, 6) is 0.974. The van der Waals surface area contributed by atoms with Crippen LogP contribution in [0.25, 0.3) is 10.6 Å². The smallest absolute Gasteiger partial charge is 0.387 e. The van der Waals surface area contributed by atoms with Gasteiger partial charge in [-0.15, -0.1) is 11.3 Å². The first-order chi connectivity index (χ1) is 11.6. The van der Waals surface area contributed by atoms with E-state index in [1.165, 1.54) is 19.3 Å². The van der Waals surface area contributed by atoms with Crippen molar-refractivity contribution in [2.45, 2.75) is 39.3 Å². The molecule has 0 bridgehead atoms.